The molecule has 2 atom stereocenters. The third-order valence-electron chi connectivity index (χ3n) is 2.26. The van der Waals surface area contributed by atoms with E-state index in [1.54, 1.807) is 0 Å². The minimum Gasteiger partial charge on any atom is -0.393 e. The van der Waals surface area contributed by atoms with E-state index in [1.807, 2.05) is 6.92 Å². The van der Waals surface area contributed by atoms with Gasteiger partial charge in [-0.1, -0.05) is 0 Å². The molecule has 0 aromatic rings. The summed E-state index contributed by atoms with van der Waals surface area (Å²) in [7, 11) is 2.12. The molecule has 1 heterocycles. The third-order valence-corrected chi connectivity index (χ3v) is 2.26. The molecule has 0 spiro atoms. The van der Waals surface area contributed by atoms with E-state index in [-0.39, 0.29) is 6.10 Å². The Morgan fingerprint density at radius 1 is 1.73 bits per heavy atom. The van der Waals surface area contributed by atoms with E-state index < -0.39 is 0 Å². The van der Waals surface area contributed by atoms with Crippen molar-refractivity contribution in [2.24, 2.45) is 0 Å². The zero-order valence-corrected chi connectivity index (χ0v) is 7.38. The summed E-state index contributed by atoms with van der Waals surface area (Å²) in [6.45, 7) is 5.04. The van der Waals surface area contributed by atoms with Crippen LogP contribution in [-0.2, 0) is 0 Å². The highest BCUT2D eigenvalue weighted by Crippen LogP contribution is 2.06. The fourth-order valence-electron chi connectivity index (χ4n) is 1.52. The summed E-state index contributed by atoms with van der Waals surface area (Å²) in [6, 6.07) is 0.517. The number of rotatable bonds is 2. The third kappa shape index (κ3) is 2.77. The molecule has 66 valence electrons. The van der Waals surface area contributed by atoms with Crippen molar-refractivity contribution >= 4 is 0 Å². The average molecular weight is 158 g/mol. The lowest BCUT2D eigenvalue weighted by Crippen LogP contribution is -2.50. The number of aliphatic hydroxyl groups excluding tert-OH is 1. The Balaban J connectivity index is 2.29. The van der Waals surface area contributed by atoms with E-state index >= 15 is 0 Å². The molecule has 0 radical (unpaired) electrons. The molecule has 2 unspecified atom stereocenters. The summed E-state index contributed by atoms with van der Waals surface area (Å²) in [5.41, 5.74) is 0. The van der Waals surface area contributed by atoms with Crippen molar-refractivity contribution in [3.8, 4) is 0 Å². The van der Waals surface area contributed by atoms with Crippen LogP contribution in [0.15, 0.2) is 0 Å². The summed E-state index contributed by atoms with van der Waals surface area (Å²) in [4.78, 5) is 2.31. The van der Waals surface area contributed by atoms with E-state index in [4.69, 9.17) is 5.11 Å². The minimum absolute atomic E-state index is 0.178. The van der Waals surface area contributed by atoms with E-state index in [1.165, 1.54) is 0 Å². The molecular weight excluding hydrogens is 140 g/mol. The van der Waals surface area contributed by atoms with Crippen LogP contribution >= 0.6 is 0 Å². The van der Waals surface area contributed by atoms with Gasteiger partial charge in [0.15, 0.2) is 0 Å². The quantitative estimate of drug-likeness (QED) is 0.577. The number of aliphatic hydroxyl groups is 1. The molecule has 0 bridgehead atoms. The van der Waals surface area contributed by atoms with Crippen molar-refractivity contribution < 1.29 is 5.11 Å². The first-order valence-electron chi connectivity index (χ1n) is 4.29. The van der Waals surface area contributed by atoms with Crippen molar-refractivity contribution in [3.05, 3.63) is 0 Å². The van der Waals surface area contributed by atoms with Crippen LogP contribution in [0.25, 0.3) is 0 Å². The smallest absolute Gasteiger partial charge is 0.0527 e. The summed E-state index contributed by atoms with van der Waals surface area (Å²) in [6.07, 6.45) is 0.700. The average Bonchev–Trinajstić information content (AvgIpc) is 1.93. The molecule has 0 amide bonds. The van der Waals surface area contributed by atoms with Crippen LogP contribution in [0.2, 0.25) is 0 Å². The fraction of sp³-hybridized carbons (Fsp3) is 1.00. The monoisotopic (exact) mass is 158 g/mol. The lowest BCUT2D eigenvalue weighted by atomic mass is 10.1. The predicted molar refractivity (Wildman–Crippen MR) is 45.6 cm³/mol. The van der Waals surface area contributed by atoms with Crippen LogP contribution in [0.3, 0.4) is 0 Å². The lowest BCUT2D eigenvalue weighted by Gasteiger charge is -2.33. The fourth-order valence-corrected chi connectivity index (χ4v) is 1.52. The number of hydrogen-bond acceptors (Lipinski definition) is 3. The molecule has 2 N–H and O–H groups in total. The first-order chi connectivity index (χ1) is 5.20. The Hall–Kier alpha value is -0.120. The van der Waals surface area contributed by atoms with Crippen LogP contribution in [0.1, 0.15) is 13.3 Å². The molecule has 3 nitrogen and oxygen atoms in total. The Labute approximate surface area is 68.4 Å². The maximum Gasteiger partial charge on any atom is 0.0527 e. The lowest BCUT2D eigenvalue weighted by molar-refractivity contribution is 0.112. The predicted octanol–water partition coefficient (Wildman–Crippen LogP) is -0.339. The molecule has 1 saturated heterocycles. The Morgan fingerprint density at radius 3 is 3.00 bits per heavy atom. The van der Waals surface area contributed by atoms with Gasteiger partial charge in [0, 0.05) is 25.7 Å². The molecule has 0 aromatic carbocycles. The Morgan fingerprint density at radius 2 is 2.45 bits per heavy atom. The van der Waals surface area contributed by atoms with E-state index in [0.717, 1.165) is 26.1 Å². The zero-order valence-electron chi connectivity index (χ0n) is 7.38. The van der Waals surface area contributed by atoms with Gasteiger partial charge < -0.3 is 15.3 Å². The highest BCUT2D eigenvalue weighted by atomic mass is 16.3. The van der Waals surface area contributed by atoms with Gasteiger partial charge in [-0.25, -0.2) is 0 Å². The van der Waals surface area contributed by atoms with Crippen LogP contribution in [-0.4, -0.2) is 48.8 Å². The maximum atomic E-state index is 9.17. The van der Waals surface area contributed by atoms with Crippen LogP contribution < -0.4 is 5.32 Å². The van der Waals surface area contributed by atoms with Crippen molar-refractivity contribution in [3.63, 3.8) is 0 Å². The first-order valence-corrected chi connectivity index (χ1v) is 4.29. The summed E-state index contributed by atoms with van der Waals surface area (Å²) >= 11 is 0. The molecule has 3 heteroatoms. The number of nitrogens with one attached hydrogen (secondary N) is 1. The van der Waals surface area contributed by atoms with E-state index in [0.29, 0.717) is 6.04 Å². The topological polar surface area (TPSA) is 35.5 Å². The van der Waals surface area contributed by atoms with Crippen molar-refractivity contribution in [1.29, 1.82) is 0 Å². The normalized spacial score (nSPS) is 30.3. The van der Waals surface area contributed by atoms with Gasteiger partial charge in [-0.2, -0.15) is 0 Å². The molecule has 11 heavy (non-hydrogen) atoms. The van der Waals surface area contributed by atoms with Gasteiger partial charge in [0.1, 0.15) is 0 Å². The minimum atomic E-state index is -0.178. The second kappa shape index (κ2) is 4.04. The number of hydrogen-bond donors (Lipinski definition) is 2. The zero-order chi connectivity index (χ0) is 8.27. The second-order valence-electron chi connectivity index (χ2n) is 3.42. The highest BCUT2D eigenvalue weighted by Gasteiger charge is 2.19. The number of piperazine rings is 1. The van der Waals surface area contributed by atoms with Crippen molar-refractivity contribution in [1.82, 2.24) is 10.2 Å². The van der Waals surface area contributed by atoms with Crippen LogP contribution in [0.4, 0.5) is 0 Å². The van der Waals surface area contributed by atoms with E-state index in [9.17, 15) is 0 Å². The van der Waals surface area contributed by atoms with Gasteiger partial charge in [0.25, 0.3) is 0 Å². The van der Waals surface area contributed by atoms with Crippen molar-refractivity contribution in [2.45, 2.75) is 25.5 Å². The molecule has 1 rings (SSSR count). The standard InChI is InChI=1S/C8H18N2O/c1-7(11)5-8-6-9-3-4-10(8)2/h7-9,11H,3-6H2,1-2H3. The van der Waals surface area contributed by atoms with Gasteiger partial charge in [0.05, 0.1) is 6.10 Å². The van der Waals surface area contributed by atoms with Gasteiger partial charge in [-0.05, 0) is 20.4 Å². The van der Waals surface area contributed by atoms with Crippen LogP contribution in [0.5, 0.6) is 0 Å². The molecule has 1 aliphatic heterocycles. The van der Waals surface area contributed by atoms with Gasteiger partial charge in [0.2, 0.25) is 0 Å². The summed E-state index contributed by atoms with van der Waals surface area (Å²) in [5, 5.41) is 12.5. The molecule has 1 aliphatic rings. The van der Waals surface area contributed by atoms with Crippen molar-refractivity contribution in [2.75, 3.05) is 26.7 Å². The second-order valence-corrected chi connectivity index (χ2v) is 3.42. The summed E-state index contributed by atoms with van der Waals surface area (Å²) in [5.74, 6) is 0. The molecule has 0 aliphatic carbocycles. The SMILES string of the molecule is CC(O)CC1CNCCN1C. The number of nitrogens with zero attached hydrogens (tertiary/aromatic N) is 1. The van der Waals surface area contributed by atoms with Gasteiger partial charge in [-0.15, -0.1) is 0 Å². The Bertz CT molecular complexity index is 117. The largest absolute Gasteiger partial charge is 0.393 e. The first kappa shape index (κ1) is 8.97. The van der Waals surface area contributed by atoms with Gasteiger partial charge >= 0.3 is 0 Å². The van der Waals surface area contributed by atoms with E-state index in [2.05, 4.69) is 17.3 Å². The molecular formula is C8H18N2O. The maximum absolute atomic E-state index is 9.17. The molecule has 0 saturated carbocycles. The number of likely N-dealkylation sites (N-methyl/N-ethyl adjacent to an activating group) is 1. The molecule has 1 fully saturated rings. The highest BCUT2D eigenvalue weighted by molar-refractivity contribution is 4.78. The Kier molecular flexibility index (Phi) is 3.30. The van der Waals surface area contributed by atoms with Crippen LogP contribution in [0, 0.1) is 0 Å². The van der Waals surface area contributed by atoms with Gasteiger partial charge in [-0.3, -0.25) is 0 Å². The molecule has 0 aromatic heterocycles. The summed E-state index contributed by atoms with van der Waals surface area (Å²) < 4.78 is 0.